The summed E-state index contributed by atoms with van der Waals surface area (Å²) in [5, 5.41) is 6.21. The van der Waals surface area contributed by atoms with Crippen molar-refractivity contribution in [2.24, 2.45) is 0 Å². The van der Waals surface area contributed by atoms with E-state index in [1.807, 2.05) is 33.8 Å². The van der Waals surface area contributed by atoms with Gasteiger partial charge in [0.05, 0.1) is 0 Å². The highest BCUT2D eigenvalue weighted by Crippen LogP contribution is 2.26. The predicted octanol–water partition coefficient (Wildman–Crippen LogP) is 3.45. The van der Waals surface area contributed by atoms with Gasteiger partial charge in [0.2, 0.25) is 0 Å². The minimum atomic E-state index is -0.515. The van der Waals surface area contributed by atoms with Crippen molar-refractivity contribution in [2.75, 3.05) is 6.54 Å². The highest BCUT2D eigenvalue weighted by molar-refractivity contribution is 5.68. The molecule has 0 aromatic heterocycles. The fraction of sp³-hybridized carbons (Fsp3) is 0.588. The first-order chi connectivity index (χ1) is 10.2. The zero-order chi connectivity index (χ0) is 16.3. The van der Waals surface area contributed by atoms with E-state index in [0.29, 0.717) is 12.0 Å². The van der Waals surface area contributed by atoms with Gasteiger partial charge in [0.1, 0.15) is 11.4 Å². The Morgan fingerprint density at radius 1 is 1.41 bits per heavy atom. The van der Waals surface area contributed by atoms with E-state index in [9.17, 15) is 9.18 Å². The van der Waals surface area contributed by atoms with Crippen molar-refractivity contribution in [1.29, 1.82) is 0 Å². The molecule has 1 aliphatic heterocycles. The normalized spacial score (nSPS) is 22.2. The summed E-state index contributed by atoms with van der Waals surface area (Å²) < 4.78 is 19.3. The molecule has 22 heavy (non-hydrogen) atoms. The Labute approximate surface area is 131 Å². The second-order valence-electron chi connectivity index (χ2n) is 6.90. The molecule has 2 N–H and O–H groups in total. The molecule has 2 atom stereocenters. The number of amides is 1. The maximum atomic E-state index is 14.0. The molecule has 1 saturated heterocycles. The highest BCUT2D eigenvalue weighted by Gasteiger charge is 2.27. The molecule has 0 saturated carbocycles. The van der Waals surface area contributed by atoms with Crippen LogP contribution in [-0.2, 0) is 4.74 Å². The molecule has 2 unspecified atom stereocenters. The van der Waals surface area contributed by atoms with E-state index in [4.69, 9.17) is 4.74 Å². The van der Waals surface area contributed by atoms with Crippen LogP contribution in [0.4, 0.5) is 9.18 Å². The average molecular weight is 308 g/mol. The Morgan fingerprint density at radius 3 is 2.82 bits per heavy atom. The van der Waals surface area contributed by atoms with Crippen molar-refractivity contribution in [2.45, 2.75) is 58.2 Å². The number of rotatable bonds is 2. The van der Waals surface area contributed by atoms with Crippen LogP contribution in [0.25, 0.3) is 0 Å². The standard InChI is InChI=1S/C17H25FN2O2/c1-11-5-6-14(18)13(9-11)15-10-12(7-8-19-15)20-16(21)22-17(2,3)4/h5-6,9,12,15,19H,7-8,10H2,1-4H3,(H,20,21). The van der Waals surface area contributed by atoms with E-state index in [1.54, 1.807) is 6.07 Å². The number of piperidine rings is 1. The molecular formula is C17H25FN2O2. The van der Waals surface area contributed by atoms with E-state index in [0.717, 1.165) is 18.5 Å². The molecule has 1 aromatic rings. The van der Waals surface area contributed by atoms with Gasteiger partial charge < -0.3 is 15.4 Å². The SMILES string of the molecule is Cc1ccc(F)c(C2CC(NC(=O)OC(C)(C)C)CCN2)c1. The second kappa shape index (κ2) is 6.65. The fourth-order valence-corrected chi connectivity index (χ4v) is 2.69. The van der Waals surface area contributed by atoms with Crippen molar-refractivity contribution in [3.63, 3.8) is 0 Å². The molecule has 1 heterocycles. The third-order valence-corrected chi connectivity index (χ3v) is 3.65. The van der Waals surface area contributed by atoms with Crippen molar-refractivity contribution in [3.8, 4) is 0 Å². The minimum Gasteiger partial charge on any atom is -0.444 e. The zero-order valence-corrected chi connectivity index (χ0v) is 13.7. The van der Waals surface area contributed by atoms with Crippen molar-refractivity contribution in [3.05, 3.63) is 35.1 Å². The summed E-state index contributed by atoms with van der Waals surface area (Å²) in [4.78, 5) is 11.9. The minimum absolute atomic E-state index is 0.0130. The largest absolute Gasteiger partial charge is 0.444 e. The summed E-state index contributed by atoms with van der Waals surface area (Å²) in [7, 11) is 0. The van der Waals surface area contributed by atoms with Crippen molar-refractivity contribution >= 4 is 6.09 Å². The zero-order valence-electron chi connectivity index (χ0n) is 13.7. The molecule has 122 valence electrons. The van der Waals surface area contributed by atoms with Gasteiger partial charge in [-0.1, -0.05) is 17.7 Å². The van der Waals surface area contributed by atoms with Gasteiger partial charge in [0.15, 0.2) is 0 Å². The van der Waals surface area contributed by atoms with Crippen molar-refractivity contribution in [1.82, 2.24) is 10.6 Å². The van der Waals surface area contributed by atoms with E-state index in [1.165, 1.54) is 6.07 Å². The number of hydrogen-bond donors (Lipinski definition) is 2. The summed E-state index contributed by atoms with van der Waals surface area (Å²) in [5.41, 5.74) is 1.18. The number of hydrogen-bond acceptors (Lipinski definition) is 3. The lowest BCUT2D eigenvalue weighted by Crippen LogP contribution is -2.46. The first-order valence-electron chi connectivity index (χ1n) is 7.73. The van der Waals surface area contributed by atoms with Gasteiger partial charge >= 0.3 is 6.09 Å². The van der Waals surface area contributed by atoms with Crippen LogP contribution in [-0.4, -0.2) is 24.3 Å². The summed E-state index contributed by atoms with van der Waals surface area (Å²) >= 11 is 0. The van der Waals surface area contributed by atoms with Gasteiger partial charge in [0.25, 0.3) is 0 Å². The van der Waals surface area contributed by atoms with Gasteiger partial charge in [-0.3, -0.25) is 0 Å². The van der Waals surface area contributed by atoms with Crippen LogP contribution in [0.15, 0.2) is 18.2 Å². The van der Waals surface area contributed by atoms with E-state index < -0.39 is 11.7 Å². The number of halogens is 1. The predicted molar refractivity (Wildman–Crippen MR) is 84.3 cm³/mol. The van der Waals surface area contributed by atoms with Crippen LogP contribution in [0.3, 0.4) is 0 Å². The summed E-state index contributed by atoms with van der Waals surface area (Å²) in [6.45, 7) is 8.18. The van der Waals surface area contributed by atoms with Gasteiger partial charge in [-0.15, -0.1) is 0 Å². The van der Waals surface area contributed by atoms with Crippen LogP contribution in [0.2, 0.25) is 0 Å². The third kappa shape index (κ3) is 4.70. The van der Waals surface area contributed by atoms with Gasteiger partial charge in [-0.2, -0.15) is 0 Å². The molecule has 4 nitrogen and oxygen atoms in total. The molecular weight excluding hydrogens is 283 g/mol. The number of benzene rings is 1. The van der Waals surface area contributed by atoms with E-state index in [2.05, 4.69) is 10.6 Å². The molecule has 0 aliphatic carbocycles. The number of alkyl carbamates (subject to hydrolysis) is 1. The van der Waals surface area contributed by atoms with Gasteiger partial charge in [0, 0.05) is 17.6 Å². The lowest BCUT2D eigenvalue weighted by Gasteiger charge is -2.32. The lowest BCUT2D eigenvalue weighted by molar-refractivity contribution is 0.0490. The average Bonchev–Trinajstić information content (AvgIpc) is 2.39. The number of carbonyl (C=O) groups excluding carboxylic acids is 1. The van der Waals surface area contributed by atoms with Gasteiger partial charge in [-0.25, -0.2) is 9.18 Å². The number of carbonyl (C=O) groups is 1. The van der Waals surface area contributed by atoms with Gasteiger partial charge in [-0.05, 0) is 53.1 Å². The Kier molecular flexibility index (Phi) is 5.06. The Balaban J connectivity index is 2.00. The highest BCUT2D eigenvalue weighted by atomic mass is 19.1. The molecule has 0 spiro atoms. The Hall–Kier alpha value is -1.62. The quantitative estimate of drug-likeness (QED) is 0.880. The molecule has 0 bridgehead atoms. The maximum Gasteiger partial charge on any atom is 0.407 e. The van der Waals surface area contributed by atoms with Crippen LogP contribution >= 0.6 is 0 Å². The maximum absolute atomic E-state index is 14.0. The summed E-state index contributed by atoms with van der Waals surface area (Å²) in [6.07, 6.45) is 1.05. The molecule has 1 aromatic carbocycles. The Bertz CT molecular complexity index is 540. The number of nitrogens with one attached hydrogen (secondary N) is 2. The lowest BCUT2D eigenvalue weighted by atomic mass is 9.92. The second-order valence-corrected chi connectivity index (χ2v) is 6.90. The first kappa shape index (κ1) is 16.7. The summed E-state index contributed by atoms with van der Waals surface area (Å²) in [5.74, 6) is -0.207. The molecule has 5 heteroatoms. The fourth-order valence-electron chi connectivity index (χ4n) is 2.69. The van der Waals surface area contributed by atoms with E-state index in [-0.39, 0.29) is 17.9 Å². The topological polar surface area (TPSA) is 50.4 Å². The molecule has 1 amide bonds. The van der Waals surface area contributed by atoms with Crippen LogP contribution in [0.5, 0.6) is 0 Å². The van der Waals surface area contributed by atoms with Crippen LogP contribution < -0.4 is 10.6 Å². The molecule has 1 fully saturated rings. The number of aryl methyl sites for hydroxylation is 1. The van der Waals surface area contributed by atoms with Crippen LogP contribution in [0, 0.1) is 12.7 Å². The first-order valence-corrected chi connectivity index (χ1v) is 7.73. The molecule has 0 radical (unpaired) electrons. The monoisotopic (exact) mass is 308 g/mol. The third-order valence-electron chi connectivity index (χ3n) is 3.65. The smallest absolute Gasteiger partial charge is 0.407 e. The van der Waals surface area contributed by atoms with Crippen molar-refractivity contribution < 1.29 is 13.9 Å². The van der Waals surface area contributed by atoms with E-state index >= 15 is 0 Å². The number of ether oxygens (including phenoxy) is 1. The molecule has 2 rings (SSSR count). The summed E-state index contributed by atoms with van der Waals surface area (Å²) in [6, 6.07) is 5.02. The van der Waals surface area contributed by atoms with Crippen LogP contribution in [0.1, 0.15) is 50.8 Å². The molecule has 1 aliphatic rings. The Morgan fingerprint density at radius 2 is 2.14 bits per heavy atom.